The van der Waals surface area contributed by atoms with E-state index in [1.165, 1.54) is 0 Å². The van der Waals surface area contributed by atoms with Crippen LogP contribution in [0.1, 0.15) is 47.5 Å². The Hall–Kier alpha value is -2.62. The van der Waals surface area contributed by atoms with Crippen molar-refractivity contribution >= 4 is 11.9 Å². The number of carbonyl (C=O) groups excluding carboxylic acids is 1. The van der Waals surface area contributed by atoms with Gasteiger partial charge < -0.3 is 10.4 Å². The second-order valence-corrected chi connectivity index (χ2v) is 6.31. The molecule has 1 aliphatic carbocycles. The van der Waals surface area contributed by atoms with Crippen LogP contribution in [0.15, 0.2) is 60.7 Å². The normalized spacial score (nSPS) is 23.4. The molecule has 0 spiro atoms. The molecule has 1 saturated carbocycles. The van der Waals surface area contributed by atoms with Crippen LogP contribution >= 0.6 is 0 Å². The van der Waals surface area contributed by atoms with Crippen LogP contribution in [0.2, 0.25) is 0 Å². The Morgan fingerprint density at radius 3 is 2.21 bits per heavy atom. The number of carboxylic acids is 1. The zero-order valence-electron chi connectivity index (χ0n) is 13.4. The Labute approximate surface area is 141 Å². The van der Waals surface area contributed by atoms with Crippen LogP contribution in [0, 0.1) is 0 Å². The average molecular weight is 323 g/mol. The molecule has 1 fully saturated rings. The van der Waals surface area contributed by atoms with Crippen molar-refractivity contribution in [3.05, 3.63) is 71.8 Å². The molecule has 24 heavy (non-hydrogen) atoms. The Bertz CT molecular complexity index is 714. The predicted molar refractivity (Wildman–Crippen MR) is 91.9 cm³/mol. The molecule has 1 amide bonds. The van der Waals surface area contributed by atoms with Crippen molar-refractivity contribution in [1.29, 1.82) is 0 Å². The number of rotatable bonds is 4. The summed E-state index contributed by atoms with van der Waals surface area (Å²) in [4.78, 5) is 24.8. The third kappa shape index (κ3) is 3.04. The molecule has 124 valence electrons. The SMILES string of the molecule is O=C(N[C@]1(C(=O)O)CCCC[C@H]1c1ccccc1)c1ccccc1. The zero-order valence-corrected chi connectivity index (χ0v) is 13.4. The summed E-state index contributed by atoms with van der Waals surface area (Å²) in [5.41, 5.74) is 0.190. The van der Waals surface area contributed by atoms with Gasteiger partial charge in [-0.2, -0.15) is 0 Å². The Morgan fingerprint density at radius 1 is 0.958 bits per heavy atom. The van der Waals surface area contributed by atoms with Gasteiger partial charge in [0, 0.05) is 11.5 Å². The molecular weight excluding hydrogens is 302 g/mol. The van der Waals surface area contributed by atoms with Gasteiger partial charge in [0.15, 0.2) is 0 Å². The van der Waals surface area contributed by atoms with Gasteiger partial charge in [0.05, 0.1) is 0 Å². The summed E-state index contributed by atoms with van der Waals surface area (Å²) in [5.74, 6) is -1.52. The molecule has 0 unspecified atom stereocenters. The molecule has 3 rings (SSSR count). The lowest BCUT2D eigenvalue weighted by Gasteiger charge is -2.41. The third-order valence-electron chi connectivity index (χ3n) is 4.86. The van der Waals surface area contributed by atoms with E-state index >= 15 is 0 Å². The molecule has 2 aromatic carbocycles. The number of carbonyl (C=O) groups is 2. The minimum Gasteiger partial charge on any atom is -0.479 e. The van der Waals surface area contributed by atoms with Crippen LogP contribution in [0.5, 0.6) is 0 Å². The molecule has 0 aromatic heterocycles. The molecule has 0 saturated heterocycles. The first-order valence-corrected chi connectivity index (χ1v) is 8.29. The first-order valence-electron chi connectivity index (χ1n) is 8.29. The second-order valence-electron chi connectivity index (χ2n) is 6.31. The van der Waals surface area contributed by atoms with Crippen molar-refractivity contribution in [3.8, 4) is 0 Å². The molecule has 0 heterocycles. The molecule has 0 radical (unpaired) electrons. The van der Waals surface area contributed by atoms with E-state index in [9.17, 15) is 14.7 Å². The van der Waals surface area contributed by atoms with Crippen LogP contribution in [-0.4, -0.2) is 22.5 Å². The number of carboxylic acid groups (broad SMARTS) is 1. The molecule has 1 aliphatic rings. The van der Waals surface area contributed by atoms with Gasteiger partial charge in [0.1, 0.15) is 5.54 Å². The molecule has 0 aliphatic heterocycles. The highest BCUT2D eigenvalue weighted by Crippen LogP contribution is 2.41. The van der Waals surface area contributed by atoms with Gasteiger partial charge >= 0.3 is 5.97 Å². The van der Waals surface area contributed by atoms with Crippen LogP contribution in [0.3, 0.4) is 0 Å². The fourth-order valence-electron chi connectivity index (χ4n) is 3.63. The lowest BCUT2D eigenvalue weighted by molar-refractivity contribution is -0.147. The van der Waals surface area contributed by atoms with Gasteiger partial charge in [-0.15, -0.1) is 0 Å². The lowest BCUT2D eigenvalue weighted by Crippen LogP contribution is -2.59. The highest BCUT2D eigenvalue weighted by Gasteiger charge is 2.49. The van der Waals surface area contributed by atoms with Crippen LogP contribution in [0.25, 0.3) is 0 Å². The molecule has 4 heteroatoms. The third-order valence-corrected chi connectivity index (χ3v) is 4.86. The fourth-order valence-corrected chi connectivity index (χ4v) is 3.63. The van der Waals surface area contributed by atoms with Crippen LogP contribution < -0.4 is 5.32 Å². The van der Waals surface area contributed by atoms with E-state index in [2.05, 4.69) is 5.32 Å². The van der Waals surface area contributed by atoms with E-state index in [1.807, 2.05) is 36.4 Å². The summed E-state index contributed by atoms with van der Waals surface area (Å²) in [7, 11) is 0. The standard InChI is InChI=1S/C20H21NO3/c22-18(16-11-5-2-6-12-16)21-20(19(23)24)14-8-7-13-17(20)15-9-3-1-4-10-15/h1-6,9-12,17H,7-8,13-14H2,(H,21,22)(H,23,24)/t17-,20+/m0/s1. The smallest absolute Gasteiger partial charge is 0.330 e. The van der Waals surface area contributed by atoms with Gasteiger partial charge in [0.25, 0.3) is 5.91 Å². The van der Waals surface area contributed by atoms with Gasteiger partial charge in [-0.3, -0.25) is 4.79 Å². The van der Waals surface area contributed by atoms with E-state index in [0.29, 0.717) is 12.0 Å². The summed E-state index contributed by atoms with van der Waals surface area (Å²) >= 11 is 0. The molecular formula is C20H21NO3. The minimum atomic E-state index is -1.26. The molecule has 2 N–H and O–H groups in total. The van der Waals surface area contributed by atoms with E-state index in [4.69, 9.17) is 0 Å². The summed E-state index contributed by atoms with van der Waals surface area (Å²) < 4.78 is 0. The van der Waals surface area contributed by atoms with Crippen LogP contribution in [0.4, 0.5) is 0 Å². The Morgan fingerprint density at radius 2 is 1.58 bits per heavy atom. The maximum Gasteiger partial charge on any atom is 0.330 e. The van der Waals surface area contributed by atoms with E-state index < -0.39 is 11.5 Å². The molecule has 0 bridgehead atoms. The van der Waals surface area contributed by atoms with Crippen molar-refractivity contribution in [1.82, 2.24) is 5.32 Å². The summed E-state index contributed by atoms with van der Waals surface area (Å²) in [6.07, 6.45) is 2.96. The second kappa shape index (κ2) is 6.87. The van der Waals surface area contributed by atoms with Gasteiger partial charge in [-0.25, -0.2) is 4.79 Å². The van der Waals surface area contributed by atoms with E-state index in [1.54, 1.807) is 24.3 Å². The van der Waals surface area contributed by atoms with E-state index in [0.717, 1.165) is 24.8 Å². The Balaban J connectivity index is 1.96. The number of amides is 1. The monoisotopic (exact) mass is 323 g/mol. The van der Waals surface area contributed by atoms with Crippen molar-refractivity contribution in [3.63, 3.8) is 0 Å². The number of nitrogens with one attached hydrogen (secondary N) is 1. The first kappa shape index (κ1) is 16.2. The van der Waals surface area contributed by atoms with Gasteiger partial charge in [-0.1, -0.05) is 61.4 Å². The first-order chi connectivity index (χ1) is 11.6. The largest absolute Gasteiger partial charge is 0.479 e. The lowest BCUT2D eigenvalue weighted by atomic mass is 9.69. The minimum absolute atomic E-state index is 0.224. The predicted octanol–water partition coefficient (Wildman–Crippen LogP) is 3.60. The number of aliphatic carboxylic acids is 1. The highest BCUT2D eigenvalue weighted by atomic mass is 16.4. The van der Waals surface area contributed by atoms with Crippen molar-refractivity contribution in [2.24, 2.45) is 0 Å². The van der Waals surface area contributed by atoms with Crippen molar-refractivity contribution < 1.29 is 14.7 Å². The van der Waals surface area contributed by atoms with E-state index in [-0.39, 0.29) is 11.8 Å². The van der Waals surface area contributed by atoms with Crippen molar-refractivity contribution in [2.45, 2.75) is 37.1 Å². The zero-order chi connectivity index (χ0) is 17.0. The topological polar surface area (TPSA) is 66.4 Å². The van der Waals surface area contributed by atoms with Crippen LogP contribution in [-0.2, 0) is 4.79 Å². The molecule has 2 aromatic rings. The maximum absolute atomic E-state index is 12.6. The number of hydrogen-bond acceptors (Lipinski definition) is 2. The van der Waals surface area contributed by atoms with Crippen molar-refractivity contribution in [2.75, 3.05) is 0 Å². The van der Waals surface area contributed by atoms with Gasteiger partial charge in [0.2, 0.25) is 0 Å². The summed E-state index contributed by atoms with van der Waals surface area (Å²) in [6, 6.07) is 18.4. The Kier molecular flexibility index (Phi) is 4.65. The highest BCUT2D eigenvalue weighted by molar-refractivity contribution is 5.98. The average Bonchev–Trinajstić information content (AvgIpc) is 2.63. The fraction of sp³-hybridized carbons (Fsp3) is 0.300. The number of hydrogen-bond donors (Lipinski definition) is 2. The molecule has 2 atom stereocenters. The summed E-state index contributed by atoms with van der Waals surface area (Å²) in [6.45, 7) is 0. The molecule has 4 nitrogen and oxygen atoms in total. The number of benzene rings is 2. The quantitative estimate of drug-likeness (QED) is 0.903. The summed E-state index contributed by atoms with van der Waals surface area (Å²) in [5, 5.41) is 12.9. The van der Waals surface area contributed by atoms with Gasteiger partial charge in [-0.05, 0) is 30.5 Å². The maximum atomic E-state index is 12.6.